The van der Waals surface area contributed by atoms with Crippen molar-refractivity contribution in [2.45, 2.75) is 20.3 Å². The zero-order valence-electron chi connectivity index (χ0n) is 12.0. The lowest BCUT2D eigenvalue weighted by Crippen LogP contribution is -2.34. The van der Waals surface area contributed by atoms with Crippen LogP contribution in [-0.2, 0) is 14.3 Å². The van der Waals surface area contributed by atoms with Crippen LogP contribution in [0.15, 0.2) is 36.0 Å². The molecule has 0 radical (unpaired) electrons. The molecule has 2 atom stereocenters. The maximum absolute atomic E-state index is 12.1. The number of hydrogen-bond acceptors (Lipinski definition) is 4. The molecule has 1 N–H and O–H groups in total. The van der Waals surface area contributed by atoms with Crippen molar-refractivity contribution < 1.29 is 14.3 Å². The van der Waals surface area contributed by atoms with E-state index in [0.29, 0.717) is 6.42 Å². The molecule has 0 spiro atoms. The highest BCUT2D eigenvalue weighted by molar-refractivity contribution is 6.06. The van der Waals surface area contributed by atoms with Crippen LogP contribution < -0.4 is 5.32 Å². The first kappa shape index (κ1) is 14.3. The van der Waals surface area contributed by atoms with E-state index in [-0.39, 0.29) is 11.7 Å². The first-order chi connectivity index (χ1) is 9.51. The van der Waals surface area contributed by atoms with Crippen molar-refractivity contribution in [3.05, 3.63) is 41.6 Å². The van der Waals surface area contributed by atoms with E-state index in [2.05, 4.69) is 5.32 Å². The summed E-state index contributed by atoms with van der Waals surface area (Å²) in [6.07, 6.45) is 2.17. The number of nitrogens with one attached hydrogen (secondary N) is 1. The minimum Gasteiger partial charge on any atom is -0.468 e. The van der Waals surface area contributed by atoms with Crippen LogP contribution in [0.2, 0.25) is 0 Å². The second kappa shape index (κ2) is 5.90. The van der Waals surface area contributed by atoms with Gasteiger partial charge in [0.1, 0.15) is 5.92 Å². The van der Waals surface area contributed by atoms with Gasteiger partial charge in [0.05, 0.1) is 7.11 Å². The number of benzene rings is 1. The van der Waals surface area contributed by atoms with E-state index >= 15 is 0 Å². The summed E-state index contributed by atoms with van der Waals surface area (Å²) in [5.41, 5.74) is 2.94. The molecule has 20 heavy (non-hydrogen) atoms. The van der Waals surface area contributed by atoms with Crippen LogP contribution in [0.5, 0.6) is 0 Å². The monoisotopic (exact) mass is 273 g/mol. The van der Waals surface area contributed by atoms with Crippen LogP contribution in [0.25, 0.3) is 0 Å². The van der Waals surface area contributed by atoms with Crippen molar-refractivity contribution in [3.8, 4) is 0 Å². The van der Waals surface area contributed by atoms with Crippen molar-refractivity contribution in [2.24, 2.45) is 11.8 Å². The highest BCUT2D eigenvalue weighted by Gasteiger charge is 2.35. The van der Waals surface area contributed by atoms with E-state index in [9.17, 15) is 9.59 Å². The number of carbonyl (C=O) groups is 2. The van der Waals surface area contributed by atoms with Gasteiger partial charge in [0, 0.05) is 17.5 Å². The summed E-state index contributed by atoms with van der Waals surface area (Å²) in [4.78, 5) is 23.7. The number of carbonyl (C=O) groups excluding carboxylic acids is 2. The largest absolute Gasteiger partial charge is 0.468 e. The van der Waals surface area contributed by atoms with E-state index < -0.39 is 11.9 Å². The van der Waals surface area contributed by atoms with Crippen molar-refractivity contribution in [1.82, 2.24) is 0 Å². The molecule has 0 heterocycles. The third-order valence-electron chi connectivity index (χ3n) is 3.51. The molecule has 4 heteroatoms. The number of ether oxygens (including phenoxy) is 1. The summed E-state index contributed by atoms with van der Waals surface area (Å²) in [5, 5.41) is 3.25. The van der Waals surface area contributed by atoms with Crippen molar-refractivity contribution in [1.29, 1.82) is 0 Å². The van der Waals surface area contributed by atoms with Crippen LogP contribution >= 0.6 is 0 Å². The zero-order valence-corrected chi connectivity index (χ0v) is 12.0. The first-order valence-electron chi connectivity index (χ1n) is 6.67. The fourth-order valence-electron chi connectivity index (χ4n) is 2.54. The predicted molar refractivity (Wildman–Crippen MR) is 77.2 cm³/mol. The fraction of sp³-hybridized carbons (Fsp3) is 0.375. The molecule has 0 amide bonds. The summed E-state index contributed by atoms with van der Waals surface area (Å²) < 4.78 is 4.69. The van der Waals surface area contributed by atoms with E-state index in [1.54, 1.807) is 0 Å². The minimum atomic E-state index is -0.678. The van der Waals surface area contributed by atoms with Gasteiger partial charge in [-0.1, -0.05) is 19.1 Å². The average Bonchev–Trinajstić information content (AvgIpc) is 2.37. The Morgan fingerprint density at radius 3 is 2.75 bits per heavy atom. The summed E-state index contributed by atoms with van der Waals surface area (Å²) in [5.74, 6) is -1.38. The highest BCUT2D eigenvalue weighted by atomic mass is 16.5. The maximum atomic E-state index is 12.1. The van der Waals surface area contributed by atoms with Gasteiger partial charge in [-0.15, -0.1) is 0 Å². The Bertz CT molecular complexity index is 563. The third-order valence-corrected chi connectivity index (χ3v) is 3.51. The van der Waals surface area contributed by atoms with Crippen LogP contribution in [0.3, 0.4) is 0 Å². The van der Waals surface area contributed by atoms with Crippen LogP contribution in [0, 0.1) is 18.8 Å². The molecule has 0 saturated carbocycles. The molecule has 106 valence electrons. The predicted octanol–water partition coefficient (Wildman–Crippen LogP) is 2.69. The number of aryl methyl sites for hydroxylation is 1. The van der Waals surface area contributed by atoms with Gasteiger partial charge in [-0.2, -0.15) is 0 Å². The summed E-state index contributed by atoms with van der Waals surface area (Å²) in [6, 6.07) is 7.95. The molecular formula is C16H19NO3. The van der Waals surface area contributed by atoms with Gasteiger partial charge >= 0.3 is 5.97 Å². The Morgan fingerprint density at radius 2 is 2.15 bits per heavy atom. The van der Waals surface area contributed by atoms with Gasteiger partial charge in [-0.3, -0.25) is 9.59 Å². The Labute approximate surface area is 118 Å². The molecule has 0 fully saturated rings. The number of rotatable bonds is 3. The second-order valence-corrected chi connectivity index (χ2v) is 5.25. The fourth-order valence-corrected chi connectivity index (χ4v) is 2.54. The molecule has 0 aliphatic heterocycles. The van der Waals surface area contributed by atoms with E-state index in [4.69, 9.17) is 4.74 Å². The SMILES string of the molecule is COC(=O)[C@@H]1C(=O)C=C(Nc2cccc(C)c2)C[C@H]1C. The van der Waals surface area contributed by atoms with E-state index in [0.717, 1.165) is 16.9 Å². The van der Waals surface area contributed by atoms with Gasteiger partial charge < -0.3 is 10.1 Å². The number of anilines is 1. The molecule has 4 nitrogen and oxygen atoms in total. The molecule has 0 bridgehead atoms. The summed E-state index contributed by atoms with van der Waals surface area (Å²) >= 11 is 0. The lowest BCUT2D eigenvalue weighted by Gasteiger charge is -2.26. The van der Waals surface area contributed by atoms with Crippen LogP contribution in [0.1, 0.15) is 18.9 Å². The topological polar surface area (TPSA) is 55.4 Å². The number of hydrogen-bond donors (Lipinski definition) is 1. The van der Waals surface area contributed by atoms with Crippen molar-refractivity contribution >= 4 is 17.4 Å². The highest BCUT2D eigenvalue weighted by Crippen LogP contribution is 2.29. The Balaban J connectivity index is 2.15. The standard InChI is InChI=1S/C16H19NO3/c1-10-5-4-6-12(7-10)17-13-8-11(2)15(14(18)9-13)16(19)20-3/h4-7,9,11,15,17H,8H2,1-3H3/t11-,15+/m1/s1. The van der Waals surface area contributed by atoms with Gasteiger partial charge in [0.2, 0.25) is 0 Å². The smallest absolute Gasteiger partial charge is 0.316 e. The number of allylic oxidation sites excluding steroid dienone is 2. The average molecular weight is 273 g/mol. The minimum absolute atomic E-state index is 0.0627. The maximum Gasteiger partial charge on any atom is 0.316 e. The molecule has 2 rings (SSSR count). The summed E-state index contributed by atoms with van der Waals surface area (Å²) in [6.45, 7) is 3.91. The molecule has 1 aliphatic rings. The molecular weight excluding hydrogens is 254 g/mol. The Morgan fingerprint density at radius 1 is 1.40 bits per heavy atom. The lowest BCUT2D eigenvalue weighted by molar-refractivity contribution is -0.150. The summed E-state index contributed by atoms with van der Waals surface area (Å²) in [7, 11) is 1.31. The normalized spacial score (nSPS) is 22.1. The van der Waals surface area contributed by atoms with Crippen LogP contribution in [0.4, 0.5) is 5.69 Å². The first-order valence-corrected chi connectivity index (χ1v) is 6.67. The number of esters is 1. The molecule has 0 saturated heterocycles. The molecule has 1 aromatic carbocycles. The van der Waals surface area contributed by atoms with E-state index in [1.807, 2.05) is 38.1 Å². The number of ketones is 1. The zero-order chi connectivity index (χ0) is 14.7. The molecule has 0 unspecified atom stereocenters. The molecule has 0 aromatic heterocycles. The third kappa shape index (κ3) is 3.07. The quantitative estimate of drug-likeness (QED) is 0.679. The molecule has 1 aliphatic carbocycles. The molecule has 1 aromatic rings. The van der Waals surface area contributed by atoms with Crippen molar-refractivity contribution in [2.75, 3.05) is 12.4 Å². The Kier molecular flexibility index (Phi) is 4.23. The Hall–Kier alpha value is -2.10. The van der Waals surface area contributed by atoms with Gasteiger partial charge in [-0.05, 0) is 37.0 Å². The van der Waals surface area contributed by atoms with E-state index in [1.165, 1.54) is 13.2 Å². The van der Waals surface area contributed by atoms with Crippen LogP contribution in [-0.4, -0.2) is 18.9 Å². The van der Waals surface area contributed by atoms with Gasteiger partial charge in [0.25, 0.3) is 0 Å². The van der Waals surface area contributed by atoms with Gasteiger partial charge in [-0.25, -0.2) is 0 Å². The van der Waals surface area contributed by atoms with Crippen molar-refractivity contribution in [3.63, 3.8) is 0 Å². The lowest BCUT2D eigenvalue weighted by atomic mass is 9.82. The number of methoxy groups -OCH3 is 1. The second-order valence-electron chi connectivity index (χ2n) is 5.25. The van der Waals surface area contributed by atoms with Gasteiger partial charge in [0.15, 0.2) is 5.78 Å².